The van der Waals surface area contributed by atoms with Crippen LogP contribution in [0.1, 0.15) is 70.9 Å². The zero-order valence-corrected chi connectivity index (χ0v) is 13.4. The number of nitrogens with zero attached hydrogens (tertiary/aromatic N) is 2. The van der Waals surface area contributed by atoms with Gasteiger partial charge in [-0.25, -0.2) is 0 Å². The van der Waals surface area contributed by atoms with Crippen LogP contribution >= 0.6 is 0 Å². The average Bonchev–Trinajstić information content (AvgIpc) is 2.74. The van der Waals surface area contributed by atoms with Crippen LogP contribution in [-0.4, -0.2) is 22.4 Å². The molecule has 0 aliphatic heterocycles. The first-order valence-electron chi connectivity index (χ1n) is 8.47. The van der Waals surface area contributed by atoms with E-state index in [0.29, 0.717) is 12.0 Å². The number of aryl methyl sites for hydroxylation is 1. The third kappa shape index (κ3) is 4.08. The van der Waals surface area contributed by atoms with E-state index in [9.17, 15) is 0 Å². The van der Waals surface area contributed by atoms with Crippen LogP contribution in [-0.2, 0) is 6.54 Å². The second kappa shape index (κ2) is 7.82. The van der Waals surface area contributed by atoms with E-state index in [1.165, 1.54) is 37.8 Å². The Bertz CT molecular complexity index is 383. The first-order chi connectivity index (χ1) is 9.72. The molecular weight excluding hydrogens is 246 g/mol. The number of nitrogens with one attached hydrogen (secondary N) is 1. The zero-order valence-electron chi connectivity index (χ0n) is 13.4. The maximum atomic E-state index is 4.54. The highest BCUT2D eigenvalue weighted by molar-refractivity contribution is 5.10. The summed E-state index contributed by atoms with van der Waals surface area (Å²) in [6, 6.07) is 2.84. The van der Waals surface area contributed by atoms with Crippen molar-refractivity contribution in [2.24, 2.45) is 5.92 Å². The monoisotopic (exact) mass is 277 g/mol. The number of aromatic nitrogens is 2. The Hall–Kier alpha value is -0.830. The molecule has 20 heavy (non-hydrogen) atoms. The fourth-order valence-electron chi connectivity index (χ4n) is 3.46. The Morgan fingerprint density at radius 2 is 2.10 bits per heavy atom. The van der Waals surface area contributed by atoms with E-state index in [2.05, 4.69) is 41.9 Å². The standard InChI is InChI=1S/C17H31N3/c1-4-12-20-17(10-11-19-20)16-9-7-5-6-8-15(16)13-18-14(2)3/h10-11,14-16,18H,4-9,12-13H2,1-3H3. The lowest BCUT2D eigenvalue weighted by Gasteiger charge is -2.27. The molecule has 1 aromatic rings. The summed E-state index contributed by atoms with van der Waals surface area (Å²) in [7, 11) is 0. The molecule has 1 saturated carbocycles. The van der Waals surface area contributed by atoms with Crippen molar-refractivity contribution >= 4 is 0 Å². The Morgan fingerprint density at radius 3 is 2.85 bits per heavy atom. The largest absolute Gasteiger partial charge is 0.314 e. The molecule has 1 aliphatic rings. The van der Waals surface area contributed by atoms with Crippen molar-refractivity contribution in [1.29, 1.82) is 0 Å². The summed E-state index contributed by atoms with van der Waals surface area (Å²) in [6.45, 7) is 8.93. The van der Waals surface area contributed by atoms with Gasteiger partial charge in [-0.2, -0.15) is 5.10 Å². The van der Waals surface area contributed by atoms with Crippen LogP contribution in [0, 0.1) is 5.92 Å². The van der Waals surface area contributed by atoms with Crippen molar-refractivity contribution in [3.8, 4) is 0 Å². The van der Waals surface area contributed by atoms with Crippen molar-refractivity contribution in [3.05, 3.63) is 18.0 Å². The van der Waals surface area contributed by atoms with Crippen molar-refractivity contribution in [1.82, 2.24) is 15.1 Å². The van der Waals surface area contributed by atoms with Gasteiger partial charge < -0.3 is 5.32 Å². The predicted molar refractivity (Wildman–Crippen MR) is 85.0 cm³/mol. The molecule has 0 saturated heterocycles. The van der Waals surface area contributed by atoms with E-state index in [1.54, 1.807) is 0 Å². The first-order valence-corrected chi connectivity index (χ1v) is 8.47. The summed E-state index contributed by atoms with van der Waals surface area (Å²) in [4.78, 5) is 0. The Kier molecular flexibility index (Phi) is 6.08. The van der Waals surface area contributed by atoms with Gasteiger partial charge in [-0.05, 0) is 37.8 Å². The molecule has 1 N–H and O–H groups in total. The molecule has 1 heterocycles. The zero-order chi connectivity index (χ0) is 14.4. The molecule has 1 fully saturated rings. The molecule has 3 nitrogen and oxygen atoms in total. The normalized spacial score (nSPS) is 24.0. The van der Waals surface area contributed by atoms with Crippen LogP contribution in [0.2, 0.25) is 0 Å². The van der Waals surface area contributed by atoms with Crippen LogP contribution in [0.25, 0.3) is 0 Å². The van der Waals surface area contributed by atoms with Gasteiger partial charge in [-0.3, -0.25) is 4.68 Å². The van der Waals surface area contributed by atoms with Crippen molar-refractivity contribution in [3.63, 3.8) is 0 Å². The van der Waals surface area contributed by atoms with Crippen molar-refractivity contribution in [2.75, 3.05) is 6.54 Å². The van der Waals surface area contributed by atoms with Crippen LogP contribution in [0.5, 0.6) is 0 Å². The first kappa shape index (κ1) is 15.6. The van der Waals surface area contributed by atoms with Gasteiger partial charge in [-0.15, -0.1) is 0 Å². The molecule has 3 heteroatoms. The topological polar surface area (TPSA) is 29.9 Å². The van der Waals surface area contributed by atoms with Gasteiger partial charge in [-0.1, -0.05) is 40.0 Å². The maximum Gasteiger partial charge on any atom is 0.0492 e. The Labute approximate surface area is 124 Å². The van der Waals surface area contributed by atoms with E-state index in [1.807, 2.05) is 6.20 Å². The molecule has 2 atom stereocenters. The molecular formula is C17H31N3. The van der Waals surface area contributed by atoms with Crippen LogP contribution in [0.15, 0.2) is 12.3 Å². The molecule has 114 valence electrons. The minimum absolute atomic E-state index is 0.583. The van der Waals surface area contributed by atoms with E-state index < -0.39 is 0 Å². The number of hydrogen-bond donors (Lipinski definition) is 1. The highest BCUT2D eigenvalue weighted by atomic mass is 15.3. The molecule has 2 rings (SSSR count). The summed E-state index contributed by atoms with van der Waals surface area (Å²) in [6.07, 6.45) is 10.0. The molecule has 0 amide bonds. The SMILES string of the molecule is CCCn1nccc1C1CCCCCC1CNC(C)C. The molecule has 0 spiro atoms. The second-order valence-electron chi connectivity index (χ2n) is 6.55. The van der Waals surface area contributed by atoms with Gasteiger partial charge in [0.15, 0.2) is 0 Å². The third-order valence-corrected chi connectivity index (χ3v) is 4.51. The lowest BCUT2D eigenvalue weighted by Crippen LogP contribution is -2.32. The average molecular weight is 277 g/mol. The lowest BCUT2D eigenvalue weighted by atomic mass is 9.85. The van der Waals surface area contributed by atoms with E-state index >= 15 is 0 Å². The van der Waals surface area contributed by atoms with Crippen LogP contribution in [0.4, 0.5) is 0 Å². The summed E-state index contributed by atoms with van der Waals surface area (Å²) >= 11 is 0. The molecule has 2 unspecified atom stereocenters. The smallest absolute Gasteiger partial charge is 0.0492 e. The summed E-state index contributed by atoms with van der Waals surface area (Å²) in [5, 5.41) is 8.19. The third-order valence-electron chi connectivity index (χ3n) is 4.51. The predicted octanol–water partition coefficient (Wildman–Crippen LogP) is 3.96. The Morgan fingerprint density at radius 1 is 1.30 bits per heavy atom. The fraction of sp³-hybridized carbons (Fsp3) is 0.824. The number of rotatable bonds is 6. The minimum atomic E-state index is 0.583. The van der Waals surface area contributed by atoms with Gasteiger partial charge in [0.1, 0.15) is 0 Å². The van der Waals surface area contributed by atoms with E-state index in [4.69, 9.17) is 0 Å². The van der Waals surface area contributed by atoms with E-state index in [-0.39, 0.29) is 0 Å². The molecule has 1 aromatic heterocycles. The summed E-state index contributed by atoms with van der Waals surface area (Å²) < 4.78 is 2.25. The van der Waals surface area contributed by atoms with Gasteiger partial charge in [0, 0.05) is 30.4 Å². The van der Waals surface area contributed by atoms with Gasteiger partial charge >= 0.3 is 0 Å². The molecule has 0 aromatic carbocycles. The van der Waals surface area contributed by atoms with Crippen LogP contribution in [0.3, 0.4) is 0 Å². The highest BCUT2D eigenvalue weighted by Gasteiger charge is 2.27. The fourth-order valence-corrected chi connectivity index (χ4v) is 3.46. The molecule has 0 bridgehead atoms. The second-order valence-corrected chi connectivity index (χ2v) is 6.55. The molecule has 1 aliphatic carbocycles. The van der Waals surface area contributed by atoms with Gasteiger partial charge in [0.25, 0.3) is 0 Å². The van der Waals surface area contributed by atoms with Crippen molar-refractivity contribution in [2.45, 2.75) is 77.8 Å². The lowest BCUT2D eigenvalue weighted by molar-refractivity contribution is 0.346. The highest BCUT2D eigenvalue weighted by Crippen LogP contribution is 2.36. The Balaban J connectivity index is 2.12. The summed E-state index contributed by atoms with van der Waals surface area (Å²) in [5.41, 5.74) is 1.48. The summed E-state index contributed by atoms with van der Waals surface area (Å²) in [5.74, 6) is 1.46. The van der Waals surface area contributed by atoms with Crippen molar-refractivity contribution < 1.29 is 0 Å². The quantitative estimate of drug-likeness (QED) is 0.798. The number of hydrogen-bond acceptors (Lipinski definition) is 2. The van der Waals surface area contributed by atoms with Gasteiger partial charge in [0.05, 0.1) is 0 Å². The van der Waals surface area contributed by atoms with E-state index in [0.717, 1.165) is 25.4 Å². The van der Waals surface area contributed by atoms with Crippen LogP contribution < -0.4 is 5.32 Å². The minimum Gasteiger partial charge on any atom is -0.314 e. The maximum absolute atomic E-state index is 4.54. The molecule has 0 radical (unpaired) electrons. The van der Waals surface area contributed by atoms with Gasteiger partial charge in [0.2, 0.25) is 0 Å².